The Morgan fingerprint density at radius 3 is 2.44 bits per heavy atom. The molecule has 2 rings (SSSR count). The van der Waals surface area contributed by atoms with Gasteiger partial charge >= 0.3 is 0 Å². The van der Waals surface area contributed by atoms with Gasteiger partial charge in [0.1, 0.15) is 24.7 Å². The van der Waals surface area contributed by atoms with E-state index in [2.05, 4.69) is 5.32 Å². The van der Waals surface area contributed by atoms with Gasteiger partial charge in [0.15, 0.2) is 0 Å². The molecule has 2 aromatic carbocycles. The highest BCUT2D eigenvalue weighted by molar-refractivity contribution is 7.92. The summed E-state index contributed by atoms with van der Waals surface area (Å²) < 4.78 is 35.7. The van der Waals surface area contributed by atoms with E-state index in [4.69, 9.17) is 21.1 Å². The summed E-state index contributed by atoms with van der Waals surface area (Å²) in [7, 11) is -2.06. The fraction of sp³-hybridized carbons (Fsp3) is 0.278. The second-order valence-electron chi connectivity index (χ2n) is 5.62. The molecule has 0 saturated heterocycles. The standard InChI is InChI=1S/C18H21ClN2O5S/c1-25-16-4-3-5-17(12-16)26-11-10-20-18(22)13-21(27(2,23)24)15-8-6-14(19)7-9-15/h3-9,12H,10-11,13H2,1-2H3,(H,20,22). The van der Waals surface area contributed by atoms with Gasteiger partial charge in [0.2, 0.25) is 15.9 Å². The lowest BCUT2D eigenvalue weighted by atomic mass is 10.3. The van der Waals surface area contributed by atoms with Crippen LogP contribution < -0.4 is 19.1 Å². The quantitative estimate of drug-likeness (QED) is 0.639. The Morgan fingerprint density at radius 2 is 1.81 bits per heavy atom. The van der Waals surface area contributed by atoms with Crippen molar-refractivity contribution in [2.45, 2.75) is 0 Å². The summed E-state index contributed by atoms with van der Waals surface area (Å²) in [5.74, 6) is 0.843. The molecular weight excluding hydrogens is 392 g/mol. The van der Waals surface area contributed by atoms with Crippen molar-refractivity contribution in [1.29, 1.82) is 0 Å². The summed E-state index contributed by atoms with van der Waals surface area (Å²) in [4.78, 5) is 12.1. The Balaban J connectivity index is 1.87. The molecule has 2 aromatic rings. The molecule has 27 heavy (non-hydrogen) atoms. The van der Waals surface area contributed by atoms with E-state index in [-0.39, 0.29) is 19.7 Å². The van der Waals surface area contributed by atoms with E-state index in [0.29, 0.717) is 22.2 Å². The number of carbonyl (C=O) groups excluding carboxylic acids is 1. The number of nitrogens with one attached hydrogen (secondary N) is 1. The average molecular weight is 413 g/mol. The molecule has 0 aliphatic heterocycles. The number of sulfonamides is 1. The maximum absolute atomic E-state index is 12.1. The molecule has 9 heteroatoms. The maximum Gasteiger partial charge on any atom is 0.240 e. The lowest BCUT2D eigenvalue weighted by Gasteiger charge is -2.22. The molecule has 0 atom stereocenters. The van der Waals surface area contributed by atoms with E-state index in [1.807, 2.05) is 0 Å². The van der Waals surface area contributed by atoms with Crippen molar-refractivity contribution < 1.29 is 22.7 Å². The zero-order valence-corrected chi connectivity index (χ0v) is 16.6. The van der Waals surface area contributed by atoms with Crippen LogP contribution in [0.3, 0.4) is 0 Å². The first kappa shape index (κ1) is 20.9. The minimum absolute atomic E-state index is 0.230. The van der Waals surface area contributed by atoms with Gasteiger partial charge in [-0.3, -0.25) is 9.10 Å². The number of hydrogen-bond donors (Lipinski definition) is 1. The third-order valence-electron chi connectivity index (χ3n) is 3.54. The highest BCUT2D eigenvalue weighted by Gasteiger charge is 2.20. The molecule has 0 aliphatic rings. The zero-order valence-electron chi connectivity index (χ0n) is 15.0. The normalized spacial score (nSPS) is 10.9. The lowest BCUT2D eigenvalue weighted by Crippen LogP contribution is -2.41. The monoisotopic (exact) mass is 412 g/mol. The van der Waals surface area contributed by atoms with E-state index in [9.17, 15) is 13.2 Å². The number of anilines is 1. The highest BCUT2D eigenvalue weighted by Crippen LogP contribution is 2.20. The van der Waals surface area contributed by atoms with Gasteiger partial charge in [0.25, 0.3) is 0 Å². The van der Waals surface area contributed by atoms with E-state index in [0.717, 1.165) is 10.6 Å². The smallest absolute Gasteiger partial charge is 0.240 e. The Labute approximate surface area is 163 Å². The van der Waals surface area contributed by atoms with Crippen LogP contribution in [-0.4, -0.2) is 47.4 Å². The molecule has 0 fully saturated rings. The van der Waals surface area contributed by atoms with Gasteiger partial charge in [-0.25, -0.2) is 8.42 Å². The molecule has 0 unspecified atom stereocenters. The Kier molecular flexibility index (Phi) is 7.32. The van der Waals surface area contributed by atoms with Gasteiger partial charge in [0, 0.05) is 11.1 Å². The molecule has 1 N–H and O–H groups in total. The molecule has 0 radical (unpaired) electrons. The first-order valence-corrected chi connectivity index (χ1v) is 10.3. The molecule has 7 nitrogen and oxygen atoms in total. The van der Waals surface area contributed by atoms with Crippen LogP contribution in [0, 0.1) is 0 Å². The Morgan fingerprint density at radius 1 is 1.15 bits per heavy atom. The van der Waals surface area contributed by atoms with Gasteiger partial charge in [-0.15, -0.1) is 0 Å². The van der Waals surface area contributed by atoms with Gasteiger partial charge in [-0.2, -0.15) is 0 Å². The first-order valence-electron chi connectivity index (χ1n) is 8.06. The third-order valence-corrected chi connectivity index (χ3v) is 4.93. The van der Waals surface area contributed by atoms with Crippen LogP contribution in [0.1, 0.15) is 0 Å². The summed E-state index contributed by atoms with van der Waals surface area (Å²) in [6.45, 7) is 0.132. The van der Waals surface area contributed by atoms with Crippen molar-refractivity contribution in [1.82, 2.24) is 5.32 Å². The van der Waals surface area contributed by atoms with Crippen molar-refractivity contribution >= 4 is 33.2 Å². The van der Waals surface area contributed by atoms with Crippen LogP contribution in [0.15, 0.2) is 48.5 Å². The number of methoxy groups -OCH3 is 1. The maximum atomic E-state index is 12.1. The SMILES string of the molecule is COc1cccc(OCCNC(=O)CN(c2ccc(Cl)cc2)S(C)(=O)=O)c1. The van der Waals surface area contributed by atoms with Crippen molar-refractivity contribution in [3.8, 4) is 11.5 Å². The molecule has 1 amide bonds. The summed E-state index contributed by atoms with van der Waals surface area (Å²) >= 11 is 5.82. The van der Waals surface area contributed by atoms with Crippen LogP contribution in [0.25, 0.3) is 0 Å². The number of halogens is 1. The minimum atomic E-state index is -3.62. The van der Waals surface area contributed by atoms with E-state index >= 15 is 0 Å². The molecule has 0 heterocycles. The minimum Gasteiger partial charge on any atom is -0.497 e. The molecule has 0 aliphatic carbocycles. The van der Waals surface area contributed by atoms with E-state index in [1.54, 1.807) is 55.6 Å². The third kappa shape index (κ3) is 6.65. The topological polar surface area (TPSA) is 84.9 Å². The molecule has 0 aromatic heterocycles. The highest BCUT2D eigenvalue weighted by atomic mass is 35.5. The number of nitrogens with zero attached hydrogens (tertiary/aromatic N) is 1. The summed E-state index contributed by atoms with van der Waals surface area (Å²) in [5.41, 5.74) is 0.365. The molecular formula is C18H21ClN2O5S. The number of ether oxygens (including phenoxy) is 2. The number of benzene rings is 2. The predicted octanol–water partition coefficient (Wildman–Crippen LogP) is 2.31. The van der Waals surface area contributed by atoms with Crippen LogP contribution >= 0.6 is 11.6 Å². The number of hydrogen-bond acceptors (Lipinski definition) is 5. The van der Waals surface area contributed by atoms with Gasteiger partial charge in [-0.05, 0) is 36.4 Å². The van der Waals surface area contributed by atoms with Crippen molar-refractivity contribution in [2.75, 3.05) is 37.4 Å². The van der Waals surface area contributed by atoms with Crippen LogP contribution in [0.4, 0.5) is 5.69 Å². The van der Waals surface area contributed by atoms with Crippen molar-refractivity contribution in [3.63, 3.8) is 0 Å². The predicted molar refractivity (Wildman–Crippen MR) is 105 cm³/mol. The van der Waals surface area contributed by atoms with E-state index < -0.39 is 15.9 Å². The van der Waals surface area contributed by atoms with Crippen LogP contribution in [0.2, 0.25) is 5.02 Å². The Hall–Kier alpha value is -2.45. The number of carbonyl (C=O) groups is 1. The molecule has 146 valence electrons. The van der Waals surface area contributed by atoms with Gasteiger partial charge in [0.05, 0.1) is 25.6 Å². The average Bonchev–Trinajstić information content (AvgIpc) is 2.63. The van der Waals surface area contributed by atoms with Crippen LogP contribution in [0.5, 0.6) is 11.5 Å². The van der Waals surface area contributed by atoms with E-state index in [1.165, 1.54) is 0 Å². The fourth-order valence-corrected chi connectivity index (χ4v) is 3.23. The summed E-state index contributed by atoms with van der Waals surface area (Å²) in [5, 5.41) is 3.12. The number of rotatable bonds is 9. The Bertz CT molecular complexity index is 872. The van der Waals surface area contributed by atoms with Gasteiger partial charge in [-0.1, -0.05) is 17.7 Å². The fourth-order valence-electron chi connectivity index (χ4n) is 2.24. The van der Waals surface area contributed by atoms with Crippen molar-refractivity contribution in [2.24, 2.45) is 0 Å². The number of amides is 1. The summed E-state index contributed by atoms with van der Waals surface area (Å²) in [6.07, 6.45) is 1.04. The molecule has 0 bridgehead atoms. The largest absolute Gasteiger partial charge is 0.497 e. The molecule has 0 saturated carbocycles. The summed E-state index contributed by atoms with van der Waals surface area (Å²) in [6, 6.07) is 13.3. The lowest BCUT2D eigenvalue weighted by molar-refractivity contribution is -0.119. The zero-order chi connectivity index (χ0) is 19.9. The second-order valence-corrected chi connectivity index (χ2v) is 7.97. The first-order chi connectivity index (χ1) is 12.8. The second kappa shape index (κ2) is 9.48. The molecule has 0 spiro atoms. The van der Waals surface area contributed by atoms with Crippen LogP contribution in [-0.2, 0) is 14.8 Å². The van der Waals surface area contributed by atoms with Crippen molar-refractivity contribution in [3.05, 3.63) is 53.6 Å². The van der Waals surface area contributed by atoms with Gasteiger partial charge < -0.3 is 14.8 Å².